The minimum absolute atomic E-state index is 0.106. The second kappa shape index (κ2) is 7.72. The van der Waals surface area contributed by atoms with Crippen molar-refractivity contribution in [2.75, 3.05) is 5.32 Å². The molecule has 0 bridgehead atoms. The number of Topliss-reactive ketones (excluding diaryl/α,β-unsaturated/α-hetero) is 1. The van der Waals surface area contributed by atoms with Crippen LogP contribution >= 0.6 is 15.9 Å². The quantitative estimate of drug-likeness (QED) is 0.743. The molecule has 4 rings (SSSR count). The fourth-order valence-electron chi connectivity index (χ4n) is 3.92. The Hall–Kier alpha value is -2.73. The molecule has 1 aromatic heterocycles. The number of halogens is 1. The highest BCUT2D eigenvalue weighted by Gasteiger charge is 2.38. The van der Waals surface area contributed by atoms with Gasteiger partial charge in [-0.3, -0.25) is 9.59 Å². The molecule has 0 fully saturated rings. The molecule has 0 saturated heterocycles. The van der Waals surface area contributed by atoms with Gasteiger partial charge in [0.25, 0.3) is 5.91 Å². The Morgan fingerprint density at radius 2 is 2.07 bits per heavy atom. The molecular formula is C22H20BrN3O2. The lowest BCUT2D eigenvalue weighted by molar-refractivity contribution is -0.116. The van der Waals surface area contributed by atoms with Crippen molar-refractivity contribution in [2.45, 2.75) is 32.1 Å². The van der Waals surface area contributed by atoms with Crippen LogP contribution < -0.4 is 10.6 Å². The fraction of sp³-hybridized carbons (Fsp3) is 0.227. The van der Waals surface area contributed by atoms with E-state index >= 15 is 0 Å². The van der Waals surface area contributed by atoms with Crippen molar-refractivity contribution in [2.24, 2.45) is 0 Å². The van der Waals surface area contributed by atoms with Crippen LogP contribution in [0.2, 0.25) is 0 Å². The molecule has 1 atom stereocenters. The van der Waals surface area contributed by atoms with Gasteiger partial charge in [0, 0.05) is 45.5 Å². The molecule has 0 spiro atoms. The van der Waals surface area contributed by atoms with Crippen molar-refractivity contribution in [1.82, 2.24) is 10.3 Å². The van der Waals surface area contributed by atoms with Gasteiger partial charge < -0.3 is 10.6 Å². The third-order valence-corrected chi connectivity index (χ3v) is 5.60. The van der Waals surface area contributed by atoms with E-state index in [1.807, 2.05) is 37.3 Å². The van der Waals surface area contributed by atoms with Crippen molar-refractivity contribution in [1.29, 1.82) is 0 Å². The number of allylic oxidation sites excluding steroid dienone is 3. The van der Waals surface area contributed by atoms with Crippen LogP contribution in [0.3, 0.4) is 0 Å². The number of carbonyl (C=O) groups is 2. The van der Waals surface area contributed by atoms with Gasteiger partial charge in [-0.05, 0) is 49.6 Å². The summed E-state index contributed by atoms with van der Waals surface area (Å²) in [5.74, 6) is -0.0613. The monoisotopic (exact) mass is 437 g/mol. The number of ketones is 1. The van der Waals surface area contributed by atoms with Crippen LogP contribution in [-0.4, -0.2) is 16.7 Å². The molecular weight excluding hydrogens is 418 g/mol. The number of benzene rings is 1. The first-order valence-corrected chi connectivity index (χ1v) is 10.1. The Morgan fingerprint density at radius 3 is 2.82 bits per heavy atom. The maximum atomic E-state index is 13.2. The summed E-state index contributed by atoms with van der Waals surface area (Å²) in [6.45, 7) is 1.89. The van der Waals surface area contributed by atoms with Crippen LogP contribution in [0.25, 0.3) is 0 Å². The molecule has 2 aromatic rings. The second-order valence-electron chi connectivity index (χ2n) is 6.99. The molecule has 5 nitrogen and oxygen atoms in total. The van der Waals surface area contributed by atoms with Crippen LogP contribution in [0.4, 0.5) is 5.82 Å². The lowest BCUT2D eigenvalue weighted by Gasteiger charge is -2.34. The van der Waals surface area contributed by atoms with Gasteiger partial charge in [0.15, 0.2) is 5.78 Å². The maximum absolute atomic E-state index is 13.2. The molecule has 142 valence electrons. The lowest BCUT2D eigenvalue weighted by atomic mass is 9.75. The van der Waals surface area contributed by atoms with E-state index in [4.69, 9.17) is 0 Å². The summed E-state index contributed by atoms with van der Waals surface area (Å²) < 4.78 is 0.913. The molecule has 6 heteroatoms. The Kier molecular flexibility index (Phi) is 5.13. The molecule has 2 heterocycles. The third-order valence-electron chi connectivity index (χ3n) is 5.11. The normalized spacial score (nSPS) is 19.2. The molecule has 0 radical (unpaired) electrons. The van der Waals surface area contributed by atoms with Gasteiger partial charge in [0.2, 0.25) is 0 Å². The van der Waals surface area contributed by atoms with Gasteiger partial charge in [0.05, 0.1) is 0 Å². The predicted octanol–water partition coefficient (Wildman–Crippen LogP) is 4.45. The molecule has 0 saturated carbocycles. The minimum atomic E-state index is -0.398. The van der Waals surface area contributed by atoms with Crippen LogP contribution in [0.1, 0.15) is 37.7 Å². The number of hydrogen-bond acceptors (Lipinski definition) is 4. The molecule has 1 aliphatic carbocycles. The predicted molar refractivity (Wildman–Crippen MR) is 111 cm³/mol. The minimum Gasteiger partial charge on any atom is -0.362 e. The van der Waals surface area contributed by atoms with Crippen molar-refractivity contribution in [3.8, 4) is 0 Å². The largest absolute Gasteiger partial charge is 0.362 e. The van der Waals surface area contributed by atoms with Gasteiger partial charge in [-0.15, -0.1) is 0 Å². The van der Waals surface area contributed by atoms with Crippen LogP contribution in [0.5, 0.6) is 0 Å². The van der Waals surface area contributed by atoms with E-state index in [1.165, 1.54) is 0 Å². The zero-order valence-corrected chi connectivity index (χ0v) is 17.0. The zero-order chi connectivity index (χ0) is 19.7. The highest BCUT2D eigenvalue weighted by atomic mass is 79.9. The summed E-state index contributed by atoms with van der Waals surface area (Å²) in [4.78, 5) is 30.3. The van der Waals surface area contributed by atoms with Crippen molar-refractivity contribution in [3.05, 3.63) is 81.2 Å². The molecule has 1 aliphatic heterocycles. The lowest BCUT2D eigenvalue weighted by Crippen LogP contribution is -2.35. The van der Waals surface area contributed by atoms with Gasteiger partial charge >= 0.3 is 0 Å². The molecule has 1 amide bonds. The maximum Gasteiger partial charge on any atom is 0.255 e. The number of pyridine rings is 1. The molecule has 2 aliphatic rings. The highest BCUT2D eigenvalue weighted by Crippen LogP contribution is 2.42. The first kappa shape index (κ1) is 18.6. The van der Waals surface area contributed by atoms with E-state index in [9.17, 15) is 9.59 Å². The van der Waals surface area contributed by atoms with Gasteiger partial charge in [-0.1, -0.05) is 34.1 Å². The summed E-state index contributed by atoms with van der Waals surface area (Å²) >= 11 is 3.51. The summed E-state index contributed by atoms with van der Waals surface area (Å²) in [6.07, 6.45) is 3.79. The first-order valence-electron chi connectivity index (χ1n) is 9.26. The summed E-state index contributed by atoms with van der Waals surface area (Å²) in [5, 5.41) is 6.20. The SMILES string of the molecule is CC1=C(C(=O)Nc2ccccn2)[C@H](c2cccc(Br)c2)C2=C(CCCC2=O)N1. The number of dihydropyridines is 1. The third kappa shape index (κ3) is 3.52. The standard InChI is InChI=1S/C22H20BrN3O2/c1-13-19(22(28)26-18-10-2-3-11-24-18)20(14-6-4-7-15(23)12-14)21-16(25-13)8-5-9-17(21)27/h2-4,6-7,10-12,20,25H,5,8-9H2,1H3,(H,24,26,28)/t20-/m0/s1. The van der Waals surface area contributed by atoms with Gasteiger partial charge in [-0.2, -0.15) is 0 Å². The highest BCUT2D eigenvalue weighted by molar-refractivity contribution is 9.10. The van der Waals surface area contributed by atoms with E-state index in [0.717, 1.165) is 34.3 Å². The zero-order valence-electron chi connectivity index (χ0n) is 15.5. The topological polar surface area (TPSA) is 71.1 Å². The van der Waals surface area contributed by atoms with Gasteiger partial charge in [0.1, 0.15) is 5.82 Å². The van der Waals surface area contributed by atoms with Crippen molar-refractivity contribution >= 4 is 33.4 Å². The first-order chi connectivity index (χ1) is 13.5. The van der Waals surface area contributed by atoms with Crippen LogP contribution in [-0.2, 0) is 9.59 Å². The van der Waals surface area contributed by atoms with Crippen molar-refractivity contribution in [3.63, 3.8) is 0 Å². The number of amides is 1. The van der Waals surface area contributed by atoms with E-state index in [0.29, 0.717) is 23.4 Å². The Balaban J connectivity index is 1.80. The molecule has 2 N–H and O–H groups in total. The number of nitrogens with zero attached hydrogens (tertiary/aromatic N) is 1. The van der Waals surface area contributed by atoms with Crippen LogP contribution in [0, 0.1) is 0 Å². The number of aromatic nitrogens is 1. The van der Waals surface area contributed by atoms with E-state index in [1.54, 1.807) is 18.3 Å². The van der Waals surface area contributed by atoms with Crippen LogP contribution in [0.15, 0.2) is 75.7 Å². The van der Waals surface area contributed by atoms with Gasteiger partial charge in [-0.25, -0.2) is 4.98 Å². The molecule has 0 unspecified atom stereocenters. The Morgan fingerprint density at radius 1 is 1.21 bits per heavy atom. The molecule has 28 heavy (non-hydrogen) atoms. The molecule has 1 aromatic carbocycles. The Bertz CT molecular complexity index is 1010. The second-order valence-corrected chi connectivity index (χ2v) is 7.91. The summed E-state index contributed by atoms with van der Waals surface area (Å²) in [7, 11) is 0. The number of carbonyl (C=O) groups excluding carboxylic acids is 2. The van der Waals surface area contributed by atoms with E-state index in [-0.39, 0.29) is 11.7 Å². The number of rotatable bonds is 3. The van der Waals surface area contributed by atoms with E-state index < -0.39 is 5.92 Å². The number of nitrogens with one attached hydrogen (secondary N) is 2. The average Bonchev–Trinajstić information content (AvgIpc) is 2.68. The van der Waals surface area contributed by atoms with E-state index in [2.05, 4.69) is 31.5 Å². The fourth-order valence-corrected chi connectivity index (χ4v) is 4.34. The number of hydrogen-bond donors (Lipinski definition) is 2. The summed E-state index contributed by atoms with van der Waals surface area (Å²) in [6, 6.07) is 13.2. The average molecular weight is 438 g/mol. The number of anilines is 1. The smallest absolute Gasteiger partial charge is 0.255 e. The van der Waals surface area contributed by atoms with Crippen molar-refractivity contribution < 1.29 is 9.59 Å². The summed E-state index contributed by atoms with van der Waals surface area (Å²) in [5.41, 5.74) is 3.89. The Labute approximate surface area is 172 Å².